The van der Waals surface area contributed by atoms with Crippen LogP contribution in [-0.4, -0.2) is 11.9 Å². The van der Waals surface area contributed by atoms with Gasteiger partial charge in [0.1, 0.15) is 0 Å². The van der Waals surface area contributed by atoms with E-state index in [2.05, 4.69) is 46.9 Å². The van der Waals surface area contributed by atoms with E-state index >= 15 is 0 Å². The predicted octanol–water partition coefficient (Wildman–Crippen LogP) is 3.47. The SMILES string of the molecule is CC(C)C.CC(C)NC(=O)C1C(C)C1(C)C. The Morgan fingerprint density at radius 1 is 1.12 bits per heavy atom. The molecule has 1 N–H and O–H groups in total. The first kappa shape index (κ1) is 15.5. The fourth-order valence-electron chi connectivity index (χ4n) is 1.83. The lowest BCUT2D eigenvalue weighted by Crippen LogP contribution is -2.32. The molecule has 2 heteroatoms. The van der Waals surface area contributed by atoms with Crippen molar-refractivity contribution < 1.29 is 4.79 Å². The van der Waals surface area contributed by atoms with Gasteiger partial charge in [0.05, 0.1) is 0 Å². The van der Waals surface area contributed by atoms with Crippen molar-refractivity contribution in [3.63, 3.8) is 0 Å². The van der Waals surface area contributed by atoms with E-state index in [1.54, 1.807) is 0 Å². The van der Waals surface area contributed by atoms with Crippen LogP contribution in [0.5, 0.6) is 0 Å². The molecular weight excluding hydrogens is 198 g/mol. The van der Waals surface area contributed by atoms with E-state index < -0.39 is 0 Å². The largest absolute Gasteiger partial charge is 0.354 e. The fourth-order valence-corrected chi connectivity index (χ4v) is 1.83. The monoisotopic (exact) mass is 227 g/mol. The summed E-state index contributed by atoms with van der Waals surface area (Å²) in [5, 5.41) is 2.95. The molecule has 96 valence electrons. The highest BCUT2D eigenvalue weighted by molar-refractivity contribution is 5.83. The van der Waals surface area contributed by atoms with Crippen LogP contribution in [0.2, 0.25) is 0 Å². The Labute approximate surface area is 101 Å². The van der Waals surface area contributed by atoms with Gasteiger partial charge in [0.15, 0.2) is 0 Å². The molecule has 1 amide bonds. The summed E-state index contributed by atoms with van der Waals surface area (Å²) in [5.41, 5.74) is 0.221. The average molecular weight is 227 g/mol. The molecule has 2 atom stereocenters. The molecule has 2 nitrogen and oxygen atoms in total. The third-order valence-electron chi connectivity index (χ3n) is 3.08. The molecule has 0 aromatic carbocycles. The van der Waals surface area contributed by atoms with Crippen molar-refractivity contribution in [1.82, 2.24) is 5.32 Å². The molecule has 0 spiro atoms. The second kappa shape index (κ2) is 5.70. The van der Waals surface area contributed by atoms with Crippen LogP contribution >= 0.6 is 0 Å². The van der Waals surface area contributed by atoms with E-state index in [0.717, 1.165) is 5.92 Å². The molecule has 2 unspecified atom stereocenters. The zero-order chi connectivity index (χ0) is 13.1. The third-order valence-corrected chi connectivity index (χ3v) is 3.08. The number of carbonyl (C=O) groups excluding carboxylic acids is 1. The number of hydrogen-bond donors (Lipinski definition) is 1. The Balaban J connectivity index is 0.000000487. The summed E-state index contributed by atoms with van der Waals surface area (Å²) in [6.07, 6.45) is 0. The van der Waals surface area contributed by atoms with Gasteiger partial charge < -0.3 is 5.32 Å². The zero-order valence-electron chi connectivity index (χ0n) is 12.2. The normalized spacial score (nSPS) is 26.1. The second-order valence-electron chi connectivity index (χ2n) is 6.48. The van der Waals surface area contributed by atoms with Gasteiger partial charge in [-0.25, -0.2) is 0 Å². The van der Waals surface area contributed by atoms with E-state index in [4.69, 9.17) is 0 Å². The molecule has 0 radical (unpaired) electrons. The molecule has 0 saturated heterocycles. The summed E-state index contributed by atoms with van der Waals surface area (Å²) in [7, 11) is 0. The summed E-state index contributed by atoms with van der Waals surface area (Å²) >= 11 is 0. The highest BCUT2D eigenvalue weighted by Gasteiger charge is 2.58. The number of hydrogen-bond acceptors (Lipinski definition) is 1. The van der Waals surface area contributed by atoms with Gasteiger partial charge in [0, 0.05) is 12.0 Å². The lowest BCUT2D eigenvalue weighted by Gasteiger charge is -2.08. The minimum atomic E-state index is 0.221. The summed E-state index contributed by atoms with van der Waals surface area (Å²) in [6.45, 7) is 16.9. The Hall–Kier alpha value is -0.530. The van der Waals surface area contributed by atoms with Gasteiger partial charge >= 0.3 is 0 Å². The van der Waals surface area contributed by atoms with Crippen LogP contribution in [0, 0.1) is 23.2 Å². The first-order valence-corrected chi connectivity index (χ1v) is 6.41. The molecule has 1 aliphatic carbocycles. The quantitative estimate of drug-likeness (QED) is 0.769. The van der Waals surface area contributed by atoms with E-state index in [1.807, 2.05) is 13.8 Å². The average Bonchev–Trinajstić information content (AvgIpc) is 2.47. The van der Waals surface area contributed by atoms with Crippen LogP contribution in [0.1, 0.15) is 55.4 Å². The molecule has 16 heavy (non-hydrogen) atoms. The van der Waals surface area contributed by atoms with Crippen molar-refractivity contribution in [2.75, 3.05) is 0 Å². The van der Waals surface area contributed by atoms with E-state index in [-0.39, 0.29) is 23.3 Å². The van der Waals surface area contributed by atoms with Crippen LogP contribution in [0.3, 0.4) is 0 Å². The number of amides is 1. The molecule has 0 aromatic rings. The summed E-state index contributed by atoms with van der Waals surface area (Å²) in [4.78, 5) is 11.5. The van der Waals surface area contributed by atoms with Gasteiger partial charge in [-0.1, -0.05) is 41.5 Å². The van der Waals surface area contributed by atoms with Crippen molar-refractivity contribution in [3.8, 4) is 0 Å². The van der Waals surface area contributed by atoms with Crippen molar-refractivity contribution in [3.05, 3.63) is 0 Å². The summed E-state index contributed by atoms with van der Waals surface area (Å²) < 4.78 is 0. The fraction of sp³-hybridized carbons (Fsp3) is 0.929. The molecule has 0 aromatic heterocycles. The minimum absolute atomic E-state index is 0.221. The highest BCUT2D eigenvalue weighted by atomic mass is 16.2. The first-order chi connectivity index (χ1) is 7.10. The van der Waals surface area contributed by atoms with Gasteiger partial charge in [-0.3, -0.25) is 4.79 Å². The summed E-state index contributed by atoms with van der Waals surface area (Å²) in [5.74, 6) is 1.83. The first-order valence-electron chi connectivity index (χ1n) is 6.41. The van der Waals surface area contributed by atoms with Gasteiger partial charge in [-0.2, -0.15) is 0 Å². The number of rotatable bonds is 2. The lowest BCUT2D eigenvalue weighted by atomic mass is 10.1. The van der Waals surface area contributed by atoms with Crippen LogP contribution < -0.4 is 5.32 Å². The number of nitrogens with one attached hydrogen (secondary N) is 1. The maximum atomic E-state index is 11.5. The Morgan fingerprint density at radius 3 is 1.62 bits per heavy atom. The van der Waals surface area contributed by atoms with Crippen LogP contribution in [0.25, 0.3) is 0 Å². The van der Waals surface area contributed by atoms with Gasteiger partial charge in [0.2, 0.25) is 5.91 Å². The molecule has 0 aliphatic heterocycles. The Kier molecular flexibility index (Phi) is 5.51. The maximum Gasteiger partial charge on any atom is 0.224 e. The molecule has 1 aliphatic rings. The number of carbonyl (C=O) groups is 1. The molecule has 1 saturated carbocycles. The standard InChI is InChI=1S/C10H19NO.C4H10/c1-6(2)11-9(12)8-7(3)10(8,4)5;1-4(2)3/h6-8H,1-5H3,(H,11,12);4H,1-3H3. The van der Waals surface area contributed by atoms with Crippen molar-refractivity contribution in [2.45, 2.75) is 61.4 Å². The lowest BCUT2D eigenvalue weighted by molar-refractivity contribution is -0.123. The van der Waals surface area contributed by atoms with Crippen LogP contribution in [0.15, 0.2) is 0 Å². The van der Waals surface area contributed by atoms with Crippen molar-refractivity contribution in [2.24, 2.45) is 23.2 Å². The van der Waals surface area contributed by atoms with E-state index in [0.29, 0.717) is 5.92 Å². The van der Waals surface area contributed by atoms with E-state index in [1.165, 1.54) is 0 Å². The second-order valence-corrected chi connectivity index (χ2v) is 6.48. The highest BCUT2D eigenvalue weighted by Crippen LogP contribution is 2.57. The molecule has 1 fully saturated rings. The molecular formula is C14H29NO. The molecule has 0 bridgehead atoms. The van der Waals surface area contributed by atoms with Gasteiger partial charge in [0.25, 0.3) is 0 Å². The molecule has 0 heterocycles. The van der Waals surface area contributed by atoms with Gasteiger partial charge in [-0.15, -0.1) is 0 Å². The van der Waals surface area contributed by atoms with Crippen molar-refractivity contribution in [1.29, 1.82) is 0 Å². The minimum Gasteiger partial charge on any atom is -0.354 e. The van der Waals surface area contributed by atoms with Gasteiger partial charge in [-0.05, 0) is 31.1 Å². The summed E-state index contributed by atoms with van der Waals surface area (Å²) in [6, 6.07) is 0.265. The Morgan fingerprint density at radius 2 is 1.44 bits per heavy atom. The smallest absolute Gasteiger partial charge is 0.224 e. The van der Waals surface area contributed by atoms with Crippen LogP contribution in [0.4, 0.5) is 0 Å². The zero-order valence-corrected chi connectivity index (χ0v) is 12.2. The van der Waals surface area contributed by atoms with E-state index in [9.17, 15) is 4.79 Å². The predicted molar refractivity (Wildman–Crippen MR) is 70.2 cm³/mol. The van der Waals surface area contributed by atoms with Crippen molar-refractivity contribution >= 4 is 5.91 Å². The Bertz CT molecular complexity index is 228. The molecule has 1 rings (SSSR count). The third kappa shape index (κ3) is 4.54. The topological polar surface area (TPSA) is 29.1 Å². The van der Waals surface area contributed by atoms with Crippen LogP contribution in [-0.2, 0) is 4.79 Å². The maximum absolute atomic E-state index is 11.5.